The fraction of sp³-hybridized carbons (Fsp3) is 0.714. The minimum Gasteiger partial charge on any atom is -0.341 e. The number of carbonyl (C=O) groups excluding carboxylic acids is 1. The van der Waals surface area contributed by atoms with Crippen LogP contribution in [-0.4, -0.2) is 52.2 Å². The number of amides is 1. The molecule has 0 aliphatic carbocycles. The van der Waals surface area contributed by atoms with Gasteiger partial charge in [0.2, 0.25) is 5.91 Å². The Bertz CT molecular complexity index is 607. The second-order valence-corrected chi connectivity index (χ2v) is 6.23. The Balaban J connectivity index is 1.56. The first kappa shape index (κ1) is 17.1. The van der Waals surface area contributed by atoms with Crippen LogP contribution < -0.4 is 5.32 Å². The molecule has 1 aromatic rings. The summed E-state index contributed by atoms with van der Waals surface area (Å²) in [5.74, 6) is -3.25. The third-order valence-corrected chi connectivity index (χ3v) is 4.46. The van der Waals surface area contributed by atoms with Gasteiger partial charge in [0.15, 0.2) is 5.69 Å². The molecule has 3 rings (SSSR count). The Morgan fingerprint density at radius 1 is 1.29 bits per heavy atom. The number of hydrogen-bond acceptors (Lipinski definition) is 3. The highest BCUT2D eigenvalue weighted by Crippen LogP contribution is 2.30. The van der Waals surface area contributed by atoms with Crippen molar-refractivity contribution in [2.75, 3.05) is 19.6 Å². The number of alkyl halides is 5. The number of aromatic nitrogens is 2. The van der Waals surface area contributed by atoms with Gasteiger partial charge >= 0.3 is 6.18 Å². The number of rotatable bonds is 2. The van der Waals surface area contributed by atoms with E-state index in [4.69, 9.17) is 0 Å². The van der Waals surface area contributed by atoms with Crippen LogP contribution in [0.25, 0.3) is 0 Å². The average molecular weight is 352 g/mol. The van der Waals surface area contributed by atoms with Gasteiger partial charge in [-0.15, -0.1) is 0 Å². The fourth-order valence-corrected chi connectivity index (χ4v) is 3.15. The molecule has 1 atom stereocenters. The van der Waals surface area contributed by atoms with E-state index in [9.17, 15) is 26.7 Å². The van der Waals surface area contributed by atoms with E-state index >= 15 is 0 Å². The van der Waals surface area contributed by atoms with Gasteiger partial charge in [0.1, 0.15) is 0 Å². The Hall–Kier alpha value is -1.71. The number of carbonyl (C=O) groups is 1. The summed E-state index contributed by atoms with van der Waals surface area (Å²) < 4.78 is 65.3. The normalized spacial score (nSPS) is 25.2. The predicted molar refractivity (Wildman–Crippen MR) is 73.4 cm³/mol. The zero-order chi connectivity index (χ0) is 17.5. The molecule has 1 unspecified atom stereocenters. The number of nitrogens with zero attached hydrogens (tertiary/aromatic N) is 3. The van der Waals surface area contributed by atoms with E-state index in [1.165, 1.54) is 15.8 Å². The molecule has 0 saturated carbocycles. The monoisotopic (exact) mass is 352 g/mol. The minimum atomic E-state index is -4.48. The number of likely N-dealkylation sites (tertiary alicyclic amines) is 1. The number of piperidine rings is 1. The molecule has 5 nitrogen and oxygen atoms in total. The molecule has 134 valence electrons. The molecule has 1 aromatic heterocycles. The van der Waals surface area contributed by atoms with Crippen LogP contribution in [0.5, 0.6) is 0 Å². The summed E-state index contributed by atoms with van der Waals surface area (Å²) in [6.45, 7) is 0.121. The summed E-state index contributed by atoms with van der Waals surface area (Å²) in [6, 6.07) is -0.205. The molecule has 2 fully saturated rings. The molecule has 2 aliphatic rings. The van der Waals surface area contributed by atoms with E-state index in [0.29, 0.717) is 25.9 Å². The predicted octanol–water partition coefficient (Wildman–Crippen LogP) is 2.06. The molecule has 1 N–H and O–H groups in total. The van der Waals surface area contributed by atoms with Crippen molar-refractivity contribution in [3.05, 3.63) is 18.0 Å². The molecule has 0 radical (unpaired) electrons. The van der Waals surface area contributed by atoms with Crippen LogP contribution in [0.4, 0.5) is 22.0 Å². The highest BCUT2D eigenvalue weighted by molar-refractivity contribution is 5.82. The lowest BCUT2D eigenvalue weighted by atomic mass is 10.0. The lowest BCUT2D eigenvalue weighted by Gasteiger charge is -2.33. The molecule has 3 heterocycles. The second kappa shape index (κ2) is 5.98. The quantitative estimate of drug-likeness (QED) is 0.829. The average Bonchev–Trinajstić information content (AvgIpc) is 3.13. The highest BCUT2D eigenvalue weighted by Gasteiger charge is 2.44. The van der Waals surface area contributed by atoms with Crippen LogP contribution in [0.2, 0.25) is 0 Å². The molecule has 0 aromatic carbocycles. The van der Waals surface area contributed by atoms with Crippen LogP contribution >= 0.6 is 0 Å². The zero-order valence-electron chi connectivity index (χ0n) is 12.7. The van der Waals surface area contributed by atoms with Crippen molar-refractivity contribution in [2.45, 2.75) is 43.4 Å². The van der Waals surface area contributed by atoms with Crippen LogP contribution in [-0.2, 0) is 11.0 Å². The van der Waals surface area contributed by atoms with E-state index in [0.717, 1.165) is 6.07 Å². The molecular weight excluding hydrogens is 335 g/mol. The van der Waals surface area contributed by atoms with Crippen LogP contribution in [0, 0.1) is 0 Å². The van der Waals surface area contributed by atoms with Crippen LogP contribution in [0.1, 0.15) is 31.0 Å². The minimum absolute atomic E-state index is 0.233. The molecule has 0 bridgehead atoms. The summed E-state index contributed by atoms with van der Waals surface area (Å²) >= 11 is 0. The lowest BCUT2D eigenvalue weighted by Crippen LogP contribution is -2.47. The molecule has 2 saturated heterocycles. The van der Waals surface area contributed by atoms with Gasteiger partial charge < -0.3 is 4.90 Å². The molecule has 2 aliphatic heterocycles. The number of nitrogens with one attached hydrogen (secondary N) is 1. The van der Waals surface area contributed by atoms with E-state index in [1.807, 2.05) is 0 Å². The van der Waals surface area contributed by atoms with E-state index in [2.05, 4.69) is 10.4 Å². The summed E-state index contributed by atoms with van der Waals surface area (Å²) in [7, 11) is 0. The lowest BCUT2D eigenvalue weighted by molar-refractivity contribution is -0.141. The van der Waals surface area contributed by atoms with Gasteiger partial charge in [0.05, 0.1) is 18.6 Å². The first-order valence-corrected chi connectivity index (χ1v) is 7.68. The molecule has 10 heteroatoms. The van der Waals surface area contributed by atoms with Crippen molar-refractivity contribution in [2.24, 2.45) is 0 Å². The zero-order valence-corrected chi connectivity index (χ0v) is 12.7. The summed E-state index contributed by atoms with van der Waals surface area (Å²) in [6.07, 6.45) is -2.84. The Morgan fingerprint density at radius 2 is 1.96 bits per heavy atom. The first-order chi connectivity index (χ1) is 11.2. The summed E-state index contributed by atoms with van der Waals surface area (Å²) in [4.78, 5) is 13.7. The van der Waals surface area contributed by atoms with Gasteiger partial charge in [-0.3, -0.25) is 14.8 Å². The van der Waals surface area contributed by atoms with Crippen molar-refractivity contribution in [3.8, 4) is 0 Å². The van der Waals surface area contributed by atoms with E-state index < -0.39 is 36.8 Å². The third-order valence-electron chi connectivity index (χ3n) is 4.46. The molecule has 0 spiro atoms. The fourth-order valence-electron chi connectivity index (χ4n) is 3.15. The maximum atomic E-state index is 13.2. The van der Waals surface area contributed by atoms with Gasteiger partial charge in [0, 0.05) is 25.7 Å². The summed E-state index contributed by atoms with van der Waals surface area (Å²) in [5, 5.41) is 6.07. The first-order valence-electron chi connectivity index (χ1n) is 7.68. The van der Waals surface area contributed by atoms with Gasteiger partial charge in [0.25, 0.3) is 5.92 Å². The van der Waals surface area contributed by atoms with Crippen molar-refractivity contribution < 1.29 is 26.7 Å². The third kappa shape index (κ3) is 3.52. The van der Waals surface area contributed by atoms with Crippen molar-refractivity contribution in [1.29, 1.82) is 0 Å². The van der Waals surface area contributed by atoms with Gasteiger partial charge in [-0.1, -0.05) is 0 Å². The summed E-state index contributed by atoms with van der Waals surface area (Å²) in [5.41, 5.74) is -0.946. The Labute approximate surface area is 134 Å². The van der Waals surface area contributed by atoms with E-state index in [-0.39, 0.29) is 11.9 Å². The topological polar surface area (TPSA) is 50.2 Å². The largest absolute Gasteiger partial charge is 0.435 e. The Morgan fingerprint density at radius 3 is 2.46 bits per heavy atom. The molecule has 24 heavy (non-hydrogen) atoms. The smallest absolute Gasteiger partial charge is 0.341 e. The molecule has 1 amide bonds. The van der Waals surface area contributed by atoms with Crippen molar-refractivity contribution in [3.63, 3.8) is 0 Å². The van der Waals surface area contributed by atoms with Gasteiger partial charge in [-0.25, -0.2) is 8.78 Å². The highest BCUT2D eigenvalue weighted by atomic mass is 19.4. The second-order valence-electron chi connectivity index (χ2n) is 6.23. The van der Waals surface area contributed by atoms with E-state index in [1.54, 1.807) is 0 Å². The van der Waals surface area contributed by atoms with Gasteiger partial charge in [-0.05, 0) is 18.9 Å². The Kier molecular flexibility index (Phi) is 4.27. The van der Waals surface area contributed by atoms with Gasteiger partial charge in [-0.2, -0.15) is 18.3 Å². The van der Waals surface area contributed by atoms with Crippen molar-refractivity contribution in [1.82, 2.24) is 20.0 Å². The van der Waals surface area contributed by atoms with Crippen LogP contribution in [0.15, 0.2) is 12.3 Å². The maximum absolute atomic E-state index is 13.2. The van der Waals surface area contributed by atoms with Crippen molar-refractivity contribution >= 4 is 5.91 Å². The SMILES string of the molecule is O=C(C1CC(F)(F)CN1)N1CCC(n2ccc(C(F)(F)F)n2)CC1. The standard InChI is InChI=1S/C14H17F5N4O/c15-13(16)7-10(20-8-13)12(24)22-4-1-9(2-5-22)23-6-3-11(21-23)14(17,18)19/h3,6,9-10,20H,1-2,4-5,7-8H2. The number of hydrogen-bond donors (Lipinski definition) is 1. The molecular formula is C14H17F5N4O. The maximum Gasteiger partial charge on any atom is 0.435 e. The van der Waals surface area contributed by atoms with Crippen LogP contribution in [0.3, 0.4) is 0 Å². The number of halogens is 5.